The standard InChI is InChI=1S/C16H27N3O4S.ClH/c1-6-19(7-2)24(21,22)15-12-13(8-9-14(15)23-5)16(20)18(4)11-10-17-3;/h8-9,12,17H,6-7,10-11H2,1-5H3;1H. The topological polar surface area (TPSA) is 79.0 Å². The Kier molecular flexibility index (Phi) is 10.0. The Balaban J connectivity index is 0.00000576. The molecular formula is C16H28ClN3O4S. The van der Waals surface area contributed by atoms with Crippen LogP contribution in [0.5, 0.6) is 5.75 Å². The van der Waals surface area contributed by atoms with Crippen LogP contribution in [0.2, 0.25) is 0 Å². The third-order valence-electron chi connectivity index (χ3n) is 3.78. The van der Waals surface area contributed by atoms with Crippen molar-refractivity contribution in [3.05, 3.63) is 23.8 Å². The van der Waals surface area contributed by atoms with Crippen LogP contribution < -0.4 is 10.1 Å². The fraction of sp³-hybridized carbons (Fsp3) is 0.562. The summed E-state index contributed by atoms with van der Waals surface area (Å²) in [6.45, 7) is 5.43. The van der Waals surface area contributed by atoms with Gasteiger partial charge in [0.15, 0.2) is 0 Å². The van der Waals surface area contributed by atoms with Gasteiger partial charge in [-0.15, -0.1) is 12.4 Å². The molecule has 1 aromatic carbocycles. The van der Waals surface area contributed by atoms with E-state index < -0.39 is 10.0 Å². The van der Waals surface area contributed by atoms with Crippen molar-refractivity contribution in [2.75, 3.05) is 47.4 Å². The molecular weight excluding hydrogens is 366 g/mol. The number of likely N-dealkylation sites (N-methyl/N-ethyl adjacent to an activating group) is 2. The van der Waals surface area contributed by atoms with Gasteiger partial charge in [0.25, 0.3) is 5.91 Å². The van der Waals surface area contributed by atoms with Crippen LogP contribution >= 0.6 is 12.4 Å². The van der Waals surface area contributed by atoms with Crippen LogP contribution in [-0.4, -0.2) is 70.9 Å². The van der Waals surface area contributed by atoms with E-state index in [4.69, 9.17) is 4.74 Å². The highest BCUT2D eigenvalue weighted by Gasteiger charge is 2.27. The average Bonchev–Trinajstić information content (AvgIpc) is 2.59. The largest absolute Gasteiger partial charge is 0.495 e. The Morgan fingerprint density at radius 1 is 1.24 bits per heavy atom. The van der Waals surface area contributed by atoms with E-state index in [0.29, 0.717) is 31.7 Å². The minimum absolute atomic E-state index is 0. The van der Waals surface area contributed by atoms with Crippen LogP contribution in [-0.2, 0) is 10.0 Å². The van der Waals surface area contributed by atoms with Crippen LogP contribution in [0, 0.1) is 0 Å². The van der Waals surface area contributed by atoms with Gasteiger partial charge in [0, 0.05) is 38.8 Å². The normalized spacial score (nSPS) is 11.1. The van der Waals surface area contributed by atoms with Crippen LogP contribution in [0.4, 0.5) is 0 Å². The molecule has 144 valence electrons. The second-order valence-electron chi connectivity index (χ2n) is 5.29. The summed E-state index contributed by atoms with van der Waals surface area (Å²) in [5, 5.41) is 2.97. The number of nitrogens with zero attached hydrogens (tertiary/aromatic N) is 2. The Bertz CT molecular complexity index is 663. The number of amides is 1. The summed E-state index contributed by atoms with van der Waals surface area (Å²) in [6.07, 6.45) is 0. The van der Waals surface area contributed by atoms with Crippen molar-refractivity contribution in [1.29, 1.82) is 0 Å². The molecule has 7 nitrogen and oxygen atoms in total. The number of sulfonamides is 1. The Labute approximate surface area is 156 Å². The molecule has 25 heavy (non-hydrogen) atoms. The highest BCUT2D eigenvalue weighted by Crippen LogP contribution is 2.28. The van der Waals surface area contributed by atoms with Crippen molar-refractivity contribution in [2.45, 2.75) is 18.7 Å². The first-order valence-electron chi connectivity index (χ1n) is 7.91. The summed E-state index contributed by atoms with van der Waals surface area (Å²) in [6, 6.07) is 4.50. The minimum Gasteiger partial charge on any atom is -0.495 e. The van der Waals surface area contributed by atoms with Crippen molar-refractivity contribution in [3.8, 4) is 5.75 Å². The molecule has 0 atom stereocenters. The number of nitrogens with one attached hydrogen (secondary N) is 1. The third kappa shape index (κ3) is 5.57. The van der Waals surface area contributed by atoms with E-state index in [0.717, 1.165) is 0 Å². The van der Waals surface area contributed by atoms with Crippen LogP contribution in [0.15, 0.2) is 23.1 Å². The van der Waals surface area contributed by atoms with Crippen LogP contribution in [0.3, 0.4) is 0 Å². The zero-order valence-electron chi connectivity index (χ0n) is 15.4. The van der Waals surface area contributed by atoms with E-state index >= 15 is 0 Å². The highest BCUT2D eigenvalue weighted by atomic mass is 35.5. The molecule has 0 aliphatic heterocycles. The van der Waals surface area contributed by atoms with Gasteiger partial charge in [0.2, 0.25) is 10.0 Å². The quantitative estimate of drug-likeness (QED) is 0.686. The van der Waals surface area contributed by atoms with Crippen LogP contribution in [0.1, 0.15) is 24.2 Å². The fourth-order valence-electron chi connectivity index (χ4n) is 2.32. The molecule has 0 aliphatic rings. The molecule has 0 aliphatic carbocycles. The lowest BCUT2D eigenvalue weighted by Gasteiger charge is -2.21. The lowest BCUT2D eigenvalue weighted by Crippen LogP contribution is -2.33. The molecule has 0 saturated heterocycles. The number of ether oxygens (including phenoxy) is 1. The first-order valence-corrected chi connectivity index (χ1v) is 9.35. The Morgan fingerprint density at radius 2 is 1.84 bits per heavy atom. The van der Waals surface area contributed by atoms with E-state index in [1.165, 1.54) is 23.5 Å². The van der Waals surface area contributed by atoms with Crippen molar-refractivity contribution in [2.24, 2.45) is 0 Å². The molecule has 1 rings (SSSR count). The van der Waals surface area contributed by atoms with Crippen molar-refractivity contribution >= 4 is 28.3 Å². The fourth-order valence-corrected chi connectivity index (χ4v) is 3.95. The summed E-state index contributed by atoms with van der Waals surface area (Å²) < 4.78 is 32.1. The first-order chi connectivity index (χ1) is 11.3. The smallest absolute Gasteiger partial charge is 0.253 e. The molecule has 0 bridgehead atoms. The summed E-state index contributed by atoms with van der Waals surface area (Å²) >= 11 is 0. The predicted octanol–water partition coefficient (Wildman–Crippen LogP) is 1.44. The lowest BCUT2D eigenvalue weighted by atomic mass is 10.2. The summed E-state index contributed by atoms with van der Waals surface area (Å²) in [4.78, 5) is 14.1. The van der Waals surface area contributed by atoms with Gasteiger partial charge >= 0.3 is 0 Å². The number of carbonyl (C=O) groups excluding carboxylic acids is 1. The maximum atomic E-state index is 12.8. The highest BCUT2D eigenvalue weighted by molar-refractivity contribution is 7.89. The number of carbonyl (C=O) groups is 1. The zero-order valence-corrected chi connectivity index (χ0v) is 17.0. The second kappa shape index (κ2) is 10.6. The summed E-state index contributed by atoms with van der Waals surface area (Å²) in [5.74, 6) is 0.000211. The monoisotopic (exact) mass is 393 g/mol. The number of hydrogen-bond donors (Lipinski definition) is 1. The molecule has 0 spiro atoms. The number of benzene rings is 1. The Hall–Kier alpha value is -1.35. The molecule has 0 heterocycles. The average molecular weight is 394 g/mol. The van der Waals surface area contributed by atoms with Gasteiger partial charge in [-0.1, -0.05) is 13.8 Å². The minimum atomic E-state index is -3.72. The van der Waals surface area contributed by atoms with Crippen molar-refractivity contribution in [3.63, 3.8) is 0 Å². The van der Waals surface area contributed by atoms with Gasteiger partial charge < -0.3 is 15.0 Å². The molecule has 0 saturated carbocycles. The van der Waals surface area contributed by atoms with E-state index in [2.05, 4.69) is 5.32 Å². The molecule has 0 aromatic heterocycles. The summed E-state index contributed by atoms with van der Waals surface area (Å²) in [7, 11) is 1.19. The SMILES string of the molecule is CCN(CC)S(=O)(=O)c1cc(C(=O)N(C)CCNC)ccc1OC.Cl. The maximum Gasteiger partial charge on any atom is 0.253 e. The number of methoxy groups -OCH3 is 1. The molecule has 1 amide bonds. The predicted molar refractivity (Wildman–Crippen MR) is 101 cm³/mol. The van der Waals surface area contributed by atoms with Gasteiger partial charge in [-0.2, -0.15) is 4.31 Å². The van der Waals surface area contributed by atoms with Gasteiger partial charge in [-0.05, 0) is 25.2 Å². The molecule has 1 aromatic rings. The first kappa shape index (κ1) is 23.6. The van der Waals surface area contributed by atoms with E-state index in [1.807, 2.05) is 0 Å². The van der Waals surface area contributed by atoms with Crippen molar-refractivity contribution in [1.82, 2.24) is 14.5 Å². The molecule has 0 radical (unpaired) electrons. The van der Waals surface area contributed by atoms with Crippen LogP contribution in [0.25, 0.3) is 0 Å². The van der Waals surface area contributed by atoms with E-state index in [9.17, 15) is 13.2 Å². The van der Waals surface area contributed by atoms with Gasteiger partial charge in [0.1, 0.15) is 10.6 Å². The third-order valence-corrected chi connectivity index (χ3v) is 5.85. The second-order valence-corrected chi connectivity index (χ2v) is 7.19. The van der Waals surface area contributed by atoms with Crippen molar-refractivity contribution < 1.29 is 17.9 Å². The Morgan fingerprint density at radius 3 is 2.32 bits per heavy atom. The zero-order chi connectivity index (χ0) is 18.3. The number of rotatable bonds is 9. The van der Waals surface area contributed by atoms with Gasteiger partial charge in [-0.25, -0.2) is 8.42 Å². The van der Waals surface area contributed by atoms with Gasteiger partial charge in [0.05, 0.1) is 7.11 Å². The molecule has 9 heteroatoms. The summed E-state index contributed by atoms with van der Waals surface area (Å²) in [5.41, 5.74) is 0.320. The lowest BCUT2D eigenvalue weighted by molar-refractivity contribution is 0.0796. The number of halogens is 1. The number of hydrogen-bond acceptors (Lipinski definition) is 5. The molecule has 0 unspecified atom stereocenters. The van der Waals surface area contributed by atoms with E-state index in [-0.39, 0.29) is 29.0 Å². The molecule has 1 N–H and O–H groups in total. The van der Waals surface area contributed by atoms with E-state index in [1.54, 1.807) is 38.9 Å². The maximum absolute atomic E-state index is 12.8. The van der Waals surface area contributed by atoms with Gasteiger partial charge in [-0.3, -0.25) is 4.79 Å². The molecule has 0 fully saturated rings.